The lowest BCUT2D eigenvalue weighted by Gasteiger charge is -2.30. The zero-order chi connectivity index (χ0) is 10.9. The second kappa shape index (κ2) is 3.68. The van der Waals surface area contributed by atoms with Crippen LogP contribution in [0, 0.1) is 11.3 Å². The van der Waals surface area contributed by atoms with E-state index in [0.29, 0.717) is 6.42 Å². The van der Waals surface area contributed by atoms with Crippen molar-refractivity contribution in [1.29, 1.82) is 0 Å². The van der Waals surface area contributed by atoms with E-state index >= 15 is 0 Å². The molecule has 0 amide bonds. The van der Waals surface area contributed by atoms with Gasteiger partial charge in [0.2, 0.25) is 0 Å². The first-order chi connectivity index (χ1) is 6.32. The molecule has 0 bridgehead atoms. The summed E-state index contributed by atoms with van der Waals surface area (Å²) in [6.07, 6.45) is 3.12. The van der Waals surface area contributed by atoms with E-state index in [0.717, 1.165) is 12.0 Å². The van der Waals surface area contributed by atoms with E-state index in [1.807, 2.05) is 6.92 Å². The van der Waals surface area contributed by atoms with Crippen molar-refractivity contribution in [2.75, 3.05) is 0 Å². The molecule has 2 heteroatoms. The molecule has 0 aliphatic heterocycles. The van der Waals surface area contributed by atoms with E-state index in [4.69, 9.17) is 0 Å². The molecule has 0 aromatic rings. The maximum Gasteiger partial charge on any atom is 0.156 e. The SMILES string of the molecule is CC(=O)C(C)C1=CC(=O)CC(C)(C)C1. The van der Waals surface area contributed by atoms with Gasteiger partial charge in [0.15, 0.2) is 5.78 Å². The number of Topliss-reactive ketones (excluding diaryl/α,β-unsaturated/α-hetero) is 1. The van der Waals surface area contributed by atoms with E-state index in [1.54, 1.807) is 13.0 Å². The van der Waals surface area contributed by atoms with Gasteiger partial charge in [-0.25, -0.2) is 0 Å². The molecule has 14 heavy (non-hydrogen) atoms. The van der Waals surface area contributed by atoms with Crippen molar-refractivity contribution < 1.29 is 9.59 Å². The zero-order valence-corrected chi connectivity index (χ0v) is 9.39. The molecule has 2 nitrogen and oxygen atoms in total. The highest BCUT2D eigenvalue weighted by Gasteiger charge is 2.30. The molecule has 0 aromatic carbocycles. The fourth-order valence-corrected chi connectivity index (χ4v) is 1.93. The van der Waals surface area contributed by atoms with Crippen molar-refractivity contribution >= 4 is 11.6 Å². The van der Waals surface area contributed by atoms with Crippen molar-refractivity contribution in [2.24, 2.45) is 11.3 Å². The van der Waals surface area contributed by atoms with Gasteiger partial charge in [0.1, 0.15) is 5.78 Å². The Balaban J connectivity index is 2.89. The summed E-state index contributed by atoms with van der Waals surface area (Å²) in [7, 11) is 0. The highest BCUT2D eigenvalue weighted by molar-refractivity contribution is 5.93. The first-order valence-corrected chi connectivity index (χ1v) is 5.05. The van der Waals surface area contributed by atoms with Crippen LogP contribution in [0.1, 0.15) is 40.5 Å². The third kappa shape index (κ3) is 2.53. The van der Waals surface area contributed by atoms with Gasteiger partial charge in [-0.05, 0) is 24.8 Å². The Kier molecular flexibility index (Phi) is 2.93. The molecule has 0 heterocycles. The summed E-state index contributed by atoms with van der Waals surface area (Å²) < 4.78 is 0. The monoisotopic (exact) mass is 194 g/mol. The Morgan fingerprint density at radius 1 is 1.43 bits per heavy atom. The summed E-state index contributed by atoms with van der Waals surface area (Å²) in [6, 6.07) is 0. The molecule has 0 fully saturated rings. The third-order valence-electron chi connectivity index (χ3n) is 2.85. The molecule has 0 saturated carbocycles. The van der Waals surface area contributed by atoms with Gasteiger partial charge in [0, 0.05) is 12.3 Å². The second-order valence-electron chi connectivity index (χ2n) is 5.04. The van der Waals surface area contributed by atoms with Gasteiger partial charge in [-0.1, -0.05) is 26.3 Å². The fourth-order valence-electron chi connectivity index (χ4n) is 1.93. The maximum absolute atomic E-state index is 11.4. The van der Waals surface area contributed by atoms with Crippen LogP contribution >= 0.6 is 0 Å². The van der Waals surface area contributed by atoms with E-state index in [2.05, 4.69) is 13.8 Å². The summed E-state index contributed by atoms with van der Waals surface area (Å²) in [5.74, 6) is 0.199. The van der Waals surface area contributed by atoms with E-state index in [9.17, 15) is 9.59 Å². The average Bonchev–Trinajstić information content (AvgIpc) is 1.98. The van der Waals surface area contributed by atoms with Crippen LogP contribution in [0.4, 0.5) is 0 Å². The largest absolute Gasteiger partial charge is 0.299 e. The van der Waals surface area contributed by atoms with Gasteiger partial charge in [-0.3, -0.25) is 9.59 Å². The number of carbonyl (C=O) groups excluding carboxylic acids is 2. The highest BCUT2D eigenvalue weighted by atomic mass is 16.1. The first kappa shape index (κ1) is 11.2. The second-order valence-corrected chi connectivity index (χ2v) is 5.04. The topological polar surface area (TPSA) is 34.1 Å². The Bertz CT molecular complexity index is 297. The summed E-state index contributed by atoms with van der Waals surface area (Å²) in [4.78, 5) is 22.6. The van der Waals surface area contributed by atoms with Crippen LogP contribution in [0.15, 0.2) is 11.6 Å². The molecule has 0 saturated heterocycles. The minimum atomic E-state index is -0.0986. The number of allylic oxidation sites excluding steroid dienone is 2. The molecule has 0 N–H and O–H groups in total. The van der Waals surface area contributed by atoms with Crippen LogP contribution < -0.4 is 0 Å². The zero-order valence-electron chi connectivity index (χ0n) is 9.39. The quantitative estimate of drug-likeness (QED) is 0.677. The number of rotatable bonds is 2. The highest BCUT2D eigenvalue weighted by Crippen LogP contribution is 2.36. The van der Waals surface area contributed by atoms with Crippen LogP contribution in [-0.4, -0.2) is 11.6 Å². The van der Waals surface area contributed by atoms with Gasteiger partial charge in [0.25, 0.3) is 0 Å². The normalized spacial score (nSPS) is 22.9. The standard InChI is InChI=1S/C12H18O2/c1-8(9(2)13)10-5-11(14)7-12(3,4)6-10/h5,8H,6-7H2,1-4H3. The van der Waals surface area contributed by atoms with Crippen LogP contribution in [0.25, 0.3) is 0 Å². The molecule has 0 radical (unpaired) electrons. The molecule has 1 atom stereocenters. The Morgan fingerprint density at radius 3 is 2.43 bits per heavy atom. The summed E-state index contributed by atoms with van der Waals surface area (Å²) in [6.45, 7) is 7.61. The molecule has 0 aromatic heterocycles. The first-order valence-electron chi connectivity index (χ1n) is 5.05. The predicted octanol–water partition coefficient (Wildman–Crippen LogP) is 2.53. The smallest absolute Gasteiger partial charge is 0.156 e. The fraction of sp³-hybridized carbons (Fsp3) is 0.667. The van der Waals surface area contributed by atoms with Gasteiger partial charge in [0.05, 0.1) is 0 Å². The molecular formula is C12H18O2. The molecule has 78 valence electrons. The van der Waals surface area contributed by atoms with Crippen molar-refractivity contribution in [3.63, 3.8) is 0 Å². The van der Waals surface area contributed by atoms with Crippen molar-refractivity contribution in [3.8, 4) is 0 Å². The van der Waals surface area contributed by atoms with E-state index in [-0.39, 0.29) is 22.9 Å². The van der Waals surface area contributed by atoms with Gasteiger partial charge < -0.3 is 0 Å². The molecular weight excluding hydrogens is 176 g/mol. The lowest BCUT2D eigenvalue weighted by Crippen LogP contribution is -2.25. The minimum Gasteiger partial charge on any atom is -0.299 e. The predicted molar refractivity (Wildman–Crippen MR) is 56.0 cm³/mol. The summed E-state index contributed by atoms with van der Waals surface area (Å²) in [5, 5.41) is 0. The van der Waals surface area contributed by atoms with E-state index < -0.39 is 0 Å². The number of carbonyl (C=O) groups is 2. The Labute approximate surface area is 85.4 Å². The van der Waals surface area contributed by atoms with Gasteiger partial charge in [-0.15, -0.1) is 0 Å². The van der Waals surface area contributed by atoms with E-state index in [1.165, 1.54) is 0 Å². The van der Waals surface area contributed by atoms with Crippen LogP contribution in [-0.2, 0) is 9.59 Å². The van der Waals surface area contributed by atoms with Crippen molar-refractivity contribution in [2.45, 2.75) is 40.5 Å². The minimum absolute atomic E-state index is 0.0187. The molecule has 1 unspecified atom stereocenters. The van der Waals surface area contributed by atoms with Gasteiger partial charge >= 0.3 is 0 Å². The lowest BCUT2D eigenvalue weighted by molar-refractivity contribution is -0.119. The average molecular weight is 194 g/mol. The summed E-state index contributed by atoms with van der Waals surface area (Å²) >= 11 is 0. The summed E-state index contributed by atoms with van der Waals surface area (Å²) in [5.41, 5.74) is 1.02. The van der Waals surface area contributed by atoms with Crippen LogP contribution in [0.2, 0.25) is 0 Å². The van der Waals surface area contributed by atoms with Crippen molar-refractivity contribution in [3.05, 3.63) is 11.6 Å². The Hall–Kier alpha value is -0.920. The van der Waals surface area contributed by atoms with Gasteiger partial charge in [-0.2, -0.15) is 0 Å². The third-order valence-corrected chi connectivity index (χ3v) is 2.85. The molecule has 1 aliphatic carbocycles. The molecule has 0 spiro atoms. The van der Waals surface area contributed by atoms with Crippen molar-refractivity contribution in [1.82, 2.24) is 0 Å². The molecule has 1 aliphatic rings. The van der Waals surface area contributed by atoms with Crippen LogP contribution in [0.5, 0.6) is 0 Å². The number of hydrogen-bond acceptors (Lipinski definition) is 2. The Morgan fingerprint density at radius 2 is 2.00 bits per heavy atom. The molecule has 1 rings (SSSR count). The number of ketones is 2. The van der Waals surface area contributed by atoms with Crippen LogP contribution in [0.3, 0.4) is 0 Å². The number of hydrogen-bond donors (Lipinski definition) is 0. The lowest BCUT2D eigenvalue weighted by atomic mass is 9.73. The maximum atomic E-state index is 11.4.